The molecule has 1 atom stereocenters. The van der Waals surface area contributed by atoms with Gasteiger partial charge in [-0.1, -0.05) is 29.3 Å². The van der Waals surface area contributed by atoms with Crippen LogP contribution in [-0.2, 0) is 6.54 Å². The summed E-state index contributed by atoms with van der Waals surface area (Å²) in [4.78, 5) is 4.41. The minimum atomic E-state index is 0.166. The van der Waals surface area contributed by atoms with Gasteiger partial charge in [0.15, 0.2) is 0 Å². The summed E-state index contributed by atoms with van der Waals surface area (Å²) in [5.74, 6) is 0. The lowest BCUT2D eigenvalue weighted by atomic mass is 10.1. The number of hydrogen-bond acceptors (Lipinski definition) is 3. The van der Waals surface area contributed by atoms with E-state index >= 15 is 0 Å². The van der Waals surface area contributed by atoms with E-state index in [9.17, 15) is 0 Å². The molecular weight excluding hydrogens is 287 g/mol. The highest BCUT2D eigenvalue weighted by Gasteiger charge is 2.10. The summed E-state index contributed by atoms with van der Waals surface area (Å²) in [7, 11) is 0. The minimum absolute atomic E-state index is 0.166. The first-order valence-corrected chi connectivity index (χ1v) is 7.29. The average Bonchev–Trinajstić information content (AvgIpc) is 2.72. The van der Waals surface area contributed by atoms with Gasteiger partial charge >= 0.3 is 0 Å². The first-order valence-electron chi connectivity index (χ1n) is 5.65. The molecule has 0 aliphatic heterocycles. The molecule has 18 heavy (non-hydrogen) atoms. The molecule has 1 N–H and O–H groups in total. The summed E-state index contributed by atoms with van der Waals surface area (Å²) in [5, 5.41) is 7.90. The van der Waals surface area contributed by atoms with Crippen LogP contribution >= 0.6 is 34.5 Å². The zero-order chi connectivity index (χ0) is 13.1. The van der Waals surface area contributed by atoms with Gasteiger partial charge in [-0.2, -0.15) is 0 Å². The van der Waals surface area contributed by atoms with Gasteiger partial charge in [0.1, 0.15) is 5.01 Å². The highest BCUT2D eigenvalue weighted by molar-refractivity contribution is 7.09. The van der Waals surface area contributed by atoms with Gasteiger partial charge in [-0.3, -0.25) is 0 Å². The van der Waals surface area contributed by atoms with Crippen LogP contribution in [0.4, 0.5) is 0 Å². The Morgan fingerprint density at radius 3 is 2.78 bits per heavy atom. The quantitative estimate of drug-likeness (QED) is 0.892. The van der Waals surface area contributed by atoms with Crippen molar-refractivity contribution in [2.24, 2.45) is 0 Å². The summed E-state index contributed by atoms with van der Waals surface area (Å²) in [6, 6.07) is 5.74. The lowest BCUT2D eigenvalue weighted by molar-refractivity contribution is 0.573. The Bertz CT molecular complexity index is 540. The summed E-state index contributed by atoms with van der Waals surface area (Å²) in [6.45, 7) is 4.83. The Balaban J connectivity index is 2.01. The number of halogens is 2. The standard InChI is InChI=1S/C13H14Cl2N2S/c1-8-7-18-13(17-8)6-16-9(2)11-4-3-10(14)5-12(11)15/h3-5,7,9,16H,6H2,1-2H3. The minimum Gasteiger partial charge on any atom is -0.304 e. The molecule has 2 nitrogen and oxygen atoms in total. The van der Waals surface area contributed by atoms with Crippen LogP contribution in [0.15, 0.2) is 23.6 Å². The summed E-state index contributed by atoms with van der Waals surface area (Å²) >= 11 is 13.7. The highest BCUT2D eigenvalue weighted by atomic mass is 35.5. The molecule has 0 radical (unpaired) electrons. The molecule has 0 fully saturated rings. The fraction of sp³-hybridized carbons (Fsp3) is 0.308. The monoisotopic (exact) mass is 300 g/mol. The maximum Gasteiger partial charge on any atom is 0.107 e. The van der Waals surface area contributed by atoms with Crippen molar-refractivity contribution in [1.29, 1.82) is 0 Å². The highest BCUT2D eigenvalue weighted by Crippen LogP contribution is 2.26. The Morgan fingerprint density at radius 2 is 2.17 bits per heavy atom. The molecule has 1 aromatic heterocycles. The van der Waals surface area contributed by atoms with Crippen LogP contribution in [0.5, 0.6) is 0 Å². The topological polar surface area (TPSA) is 24.9 Å². The zero-order valence-electron chi connectivity index (χ0n) is 10.2. The third-order valence-corrected chi connectivity index (χ3v) is 4.18. The van der Waals surface area contributed by atoms with Gasteiger partial charge in [0.2, 0.25) is 0 Å². The molecule has 0 aliphatic rings. The van der Waals surface area contributed by atoms with Gasteiger partial charge in [-0.15, -0.1) is 11.3 Å². The van der Waals surface area contributed by atoms with Crippen LogP contribution in [0, 0.1) is 6.92 Å². The molecule has 0 spiro atoms. The van der Waals surface area contributed by atoms with Crippen molar-refractivity contribution in [3.8, 4) is 0 Å². The predicted octanol–water partition coefficient (Wildman–Crippen LogP) is 4.61. The Hall–Kier alpha value is -0.610. The van der Waals surface area contributed by atoms with Gasteiger partial charge < -0.3 is 5.32 Å². The largest absolute Gasteiger partial charge is 0.304 e. The Labute approximate surface area is 121 Å². The molecule has 2 aromatic rings. The van der Waals surface area contributed by atoms with E-state index in [1.807, 2.05) is 19.1 Å². The lowest BCUT2D eigenvalue weighted by Gasteiger charge is -2.15. The molecule has 0 aliphatic carbocycles. The number of nitrogens with zero attached hydrogens (tertiary/aromatic N) is 1. The molecule has 0 bridgehead atoms. The second-order valence-electron chi connectivity index (χ2n) is 4.15. The molecule has 1 aromatic carbocycles. The lowest BCUT2D eigenvalue weighted by Crippen LogP contribution is -2.18. The van der Waals surface area contributed by atoms with E-state index in [1.54, 1.807) is 17.4 Å². The third-order valence-electron chi connectivity index (χ3n) is 2.66. The first kappa shape index (κ1) is 13.8. The normalized spacial score (nSPS) is 12.7. The summed E-state index contributed by atoms with van der Waals surface area (Å²) in [6.07, 6.45) is 0. The third kappa shape index (κ3) is 3.45. The van der Waals surface area contributed by atoms with Gasteiger partial charge in [-0.25, -0.2) is 4.98 Å². The fourth-order valence-electron chi connectivity index (χ4n) is 1.69. The maximum absolute atomic E-state index is 6.17. The number of aromatic nitrogens is 1. The Morgan fingerprint density at radius 1 is 1.39 bits per heavy atom. The molecule has 0 saturated carbocycles. The summed E-state index contributed by atoms with van der Waals surface area (Å²) < 4.78 is 0. The van der Waals surface area contributed by atoms with Crippen molar-refractivity contribution < 1.29 is 0 Å². The Kier molecular flexibility index (Phi) is 4.62. The number of thiazole rings is 1. The van der Waals surface area contributed by atoms with E-state index in [-0.39, 0.29) is 6.04 Å². The molecule has 2 rings (SSSR count). The van der Waals surface area contributed by atoms with Crippen molar-refractivity contribution in [2.45, 2.75) is 26.4 Å². The summed E-state index contributed by atoms with van der Waals surface area (Å²) in [5.41, 5.74) is 2.11. The van der Waals surface area contributed by atoms with E-state index < -0.39 is 0 Å². The maximum atomic E-state index is 6.17. The van der Waals surface area contributed by atoms with Crippen molar-refractivity contribution in [3.05, 3.63) is 49.9 Å². The van der Waals surface area contributed by atoms with Gasteiger partial charge in [0, 0.05) is 33.7 Å². The SMILES string of the molecule is Cc1csc(CNC(C)c2ccc(Cl)cc2Cl)n1. The molecule has 1 unspecified atom stereocenters. The second kappa shape index (κ2) is 6.02. The van der Waals surface area contributed by atoms with Crippen molar-refractivity contribution in [1.82, 2.24) is 10.3 Å². The van der Waals surface area contributed by atoms with Gasteiger partial charge in [0.05, 0.1) is 0 Å². The number of aryl methyl sites for hydroxylation is 1. The predicted molar refractivity (Wildman–Crippen MR) is 78.6 cm³/mol. The molecule has 96 valence electrons. The molecule has 5 heteroatoms. The van der Waals surface area contributed by atoms with Crippen molar-refractivity contribution in [2.75, 3.05) is 0 Å². The smallest absolute Gasteiger partial charge is 0.107 e. The number of hydrogen-bond donors (Lipinski definition) is 1. The molecular formula is C13H14Cl2N2S. The van der Waals surface area contributed by atoms with Crippen LogP contribution in [0.2, 0.25) is 10.0 Å². The van der Waals surface area contributed by atoms with Crippen LogP contribution in [0.3, 0.4) is 0 Å². The fourth-order valence-corrected chi connectivity index (χ4v) is 2.98. The van der Waals surface area contributed by atoms with Gasteiger partial charge in [0.25, 0.3) is 0 Å². The van der Waals surface area contributed by atoms with Crippen LogP contribution in [0.1, 0.15) is 29.2 Å². The average molecular weight is 301 g/mol. The number of rotatable bonds is 4. The van der Waals surface area contributed by atoms with Crippen LogP contribution < -0.4 is 5.32 Å². The van der Waals surface area contributed by atoms with E-state index in [4.69, 9.17) is 23.2 Å². The second-order valence-corrected chi connectivity index (χ2v) is 5.94. The molecule has 0 amide bonds. The van der Waals surface area contributed by atoms with Crippen molar-refractivity contribution >= 4 is 34.5 Å². The van der Waals surface area contributed by atoms with Gasteiger partial charge in [-0.05, 0) is 31.5 Å². The van der Waals surface area contributed by atoms with Crippen LogP contribution in [-0.4, -0.2) is 4.98 Å². The van der Waals surface area contributed by atoms with E-state index in [0.29, 0.717) is 10.0 Å². The van der Waals surface area contributed by atoms with E-state index in [1.165, 1.54) is 0 Å². The first-order chi connectivity index (χ1) is 8.56. The molecule has 1 heterocycles. The number of nitrogens with one attached hydrogen (secondary N) is 1. The molecule has 0 saturated heterocycles. The van der Waals surface area contributed by atoms with Crippen molar-refractivity contribution in [3.63, 3.8) is 0 Å². The van der Waals surface area contributed by atoms with E-state index in [0.717, 1.165) is 22.8 Å². The number of benzene rings is 1. The van der Waals surface area contributed by atoms with Crippen LogP contribution in [0.25, 0.3) is 0 Å². The van der Waals surface area contributed by atoms with E-state index in [2.05, 4.69) is 22.6 Å². The zero-order valence-corrected chi connectivity index (χ0v) is 12.5.